The molecule has 9 heteroatoms. The van der Waals surface area contributed by atoms with Crippen LogP contribution in [0, 0.1) is 11.3 Å². The molecule has 0 radical (unpaired) electrons. The number of esters is 1. The van der Waals surface area contributed by atoms with Crippen LogP contribution in [-0.4, -0.2) is 53.2 Å². The maximum Gasteiger partial charge on any atom is 0.326 e. The minimum atomic E-state index is -1.01. The number of amides is 4. The molecule has 1 aliphatic heterocycles. The predicted molar refractivity (Wildman–Crippen MR) is 116 cm³/mol. The zero-order valence-electron chi connectivity index (χ0n) is 18.8. The van der Waals surface area contributed by atoms with Crippen molar-refractivity contribution in [3.8, 4) is 0 Å². The highest BCUT2D eigenvalue weighted by molar-refractivity contribution is 6.09. The largest absolute Gasteiger partial charge is 0.454 e. The molecule has 0 bridgehead atoms. The van der Waals surface area contributed by atoms with Gasteiger partial charge in [-0.15, -0.1) is 0 Å². The average Bonchev–Trinajstić information content (AvgIpc) is 2.88. The minimum absolute atomic E-state index is 0.120. The Hall–Kier alpha value is -3.23. The van der Waals surface area contributed by atoms with E-state index in [-0.39, 0.29) is 17.1 Å². The van der Waals surface area contributed by atoms with Crippen LogP contribution in [0.3, 0.4) is 0 Å². The summed E-state index contributed by atoms with van der Waals surface area (Å²) < 4.78 is 4.96. The van der Waals surface area contributed by atoms with Crippen molar-refractivity contribution in [2.24, 2.45) is 11.3 Å². The average molecular weight is 444 g/mol. The second-order valence-electron chi connectivity index (χ2n) is 9.57. The Kier molecular flexibility index (Phi) is 6.39. The van der Waals surface area contributed by atoms with Crippen LogP contribution in [0.25, 0.3) is 0 Å². The number of nitrogens with one attached hydrogen (secondary N) is 2. The zero-order valence-corrected chi connectivity index (χ0v) is 18.8. The van der Waals surface area contributed by atoms with Gasteiger partial charge in [0.15, 0.2) is 12.4 Å². The van der Waals surface area contributed by atoms with Gasteiger partial charge in [0.25, 0.3) is 11.8 Å². The summed E-state index contributed by atoms with van der Waals surface area (Å²) in [5.41, 5.74) is -0.481. The van der Waals surface area contributed by atoms with Crippen molar-refractivity contribution in [2.45, 2.75) is 52.5 Å². The number of anilines is 1. The monoisotopic (exact) mass is 443 g/mol. The van der Waals surface area contributed by atoms with Gasteiger partial charge in [-0.3, -0.25) is 24.1 Å². The Balaban J connectivity index is 1.57. The van der Waals surface area contributed by atoms with Crippen LogP contribution in [0.5, 0.6) is 0 Å². The van der Waals surface area contributed by atoms with Crippen LogP contribution in [0.15, 0.2) is 24.3 Å². The van der Waals surface area contributed by atoms with Gasteiger partial charge in [0.1, 0.15) is 12.1 Å². The van der Waals surface area contributed by atoms with Crippen LogP contribution < -0.4 is 10.6 Å². The highest BCUT2D eigenvalue weighted by Crippen LogP contribution is 2.46. The van der Waals surface area contributed by atoms with Crippen LogP contribution >= 0.6 is 0 Å². The summed E-state index contributed by atoms with van der Waals surface area (Å²) in [7, 11) is 0. The van der Waals surface area contributed by atoms with Gasteiger partial charge in [-0.05, 0) is 49.7 Å². The summed E-state index contributed by atoms with van der Waals surface area (Å²) in [5, 5.41) is 5.32. The molecule has 1 saturated carbocycles. The second-order valence-corrected chi connectivity index (χ2v) is 9.57. The third kappa shape index (κ3) is 4.98. The number of carbonyl (C=O) groups excluding carboxylic acids is 5. The molecule has 2 atom stereocenters. The van der Waals surface area contributed by atoms with Crippen LogP contribution in [0.2, 0.25) is 0 Å². The summed E-state index contributed by atoms with van der Waals surface area (Å²) in [5.74, 6) is -1.91. The number of hydrogen-bond donors (Lipinski definition) is 2. The smallest absolute Gasteiger partial charge is 0.326 e. The van der Waals surface area contributed by atoms with Gasteiger partial charge in [0.2, 0.25) is 0 Å². The van der Waals surface area contributed by atoms with Crippen molar-refractivity contribution in [2.75, 3.05) is 18.5 Å². The summed E-state index contributed by atoms with van der Waals surface area (Å²) in [4.78, 5) is 62.4. The fourth-order valence-electron chi connectivity index (χ4n) is 5.06. The maximum atomic E-state index is 13.1. The Labute approximate surface area is 186 Å². The van der Waals surface area contributed by atoms with E-state index in [2.05, 4.69) is 24.5 Å². The molecule has 1 saturated heterocycles. The highest BCUT2D eigenvalue weighted by atomic mass is 16.5. The summed E-state index contributed by atoms with van der Waals surface area (Å²) in [6.07, 6.45) is 1.96. The molecule has 4 amide bonds. The Morgan fingerprint density at radius 1 is 1.19 bits per heavy atom. The number of urea groups is 1. The fourth-order valence-corrected chi connectivity index (χ4v) is 5.06. The summed E-state index contributed by atoms with van der Waals surface area (Å²) >= 11 is 0. The van der Waals surface area contributed by atoms with Gasteiger partial charge in [-0.2, -0.15) is 0 Å². The number of hydrogen-bond acceptors (Lipinski definition) is 6. The molecule has 1 aromatic carbocycles. The van der Waals surface area contributed by atoms with E-state index < -0.39 is 42.5 Å². The third-order valence-corrected chi connectivity index (χ3v) is 5.86. The number of Topliss-reactive ketones (excluding diaryl/α,β-unsaturated/α-hetero) is 1. The molecule has 1 spiro atoms. The lowest BCUT2D eigenvalue weighted by atomic mass is 9.64. The SMILES string of the molecule is CC(=O)c1ccccc1NC(=O)COC(=O)CN1C(=O)NC2(CC(C)CC(C)(C)C2)C1=O. The number of para-hydroxylation sites is 1. The molecule has 172 valence electrons. The van der Waals surface area contributed by atoms with Gasteiger partial charge in [0.05, 0.1) is 5.69 Å². The predicted octanol–water partition coefficient (Wildman–Crippen LogP) is 2.51. The van der Waals surface area contributed by atoms with Crippen LogP contribution in [-0.2, 0) is 19.1 Å². The van der Waals surface area contributed by atoms with E-state index in [1.807, 2.05) is 6.92 Å². The van der Waals surface area contributed by atoms with Crippen molar-refractivity contribution >= 4 is 35.3 Å². The van der Waals surface area contributed by atoms with E-state index in [1.54, 1.807) is 24.3 Å². The molecule has 2 N–H and O–H groups in total. The van der Waals surface area contributed by atoms with Gasteiger partial charge < -0.3 is 15.4 Å². The van der Waals surface area contributed by atoms with Crippen molar-refractivity contribution in [1.82, 2.24) is 10.2 Å². The molecule has 2 unspecified atom stereocenters. The molecule has 0 aromatic heterocycles. The second kappa shape index (κ2) is 8.72. The molecular weight excluding hydrogens is 414 g/mol. The number of rotatable bonds is 6. The van der Waals surface area contributed by atoms with Gasteiger partial charge in [-0.25, -0.2) is 4.79 Å². The molecule has 1 heterocycles. The van der Waals surface area contributed by atoms with E-state index in [0.29, 0.717) is 24.1 Å². The third-order valence-electron chi connectivity index (χ3n) is 5.86. The standard InChI is InChI=1S/C23H29N3O6/c1-14-9-22(3,4)13-23(10-14)20(30)26(21(31)25-23)11-19(29)32-12-18(28)24-17-8-6-5-7-16(17)15(2)27/h5-8,14H,9-13H2,1-4H3,(H,24,28)(H,25,31). The Morgan fingerprint density at radius 3 is 2.53 bits per heavy atom. The van der Waals surface area contributed by atoms with Crippen LogP contribution in [0.1, 0.15) is 57.3 Å². The summed E-state index contributed by atoms with van der Waals surface area (Å²) in [6, 6.07) is 5.85. The van der Waals surface area contributed by atoms with Gasteiger partial charge in [-0.1, -0.05) is 32.9 Å². The van der Waals surface area contributed by atoms with Gasteiger partial charge >= 0.3 is 12.0 Å². The topological polar surface area (TPSA) is 122 Å². The van der Waals surface area contributed by atoms with Crippen molar-refractivity contribution in [3.05, 3.63) is 29.8 Å². The lowest BCUT2D eigenvalue weighted by molar-refractivity contribution is -0.150. The first-order chi connectivity index (χ1) is 14.9. The normalized spacial score (nSPS) is 24.2. The fraction of sp³-hybridized carbons (Fsp3) is 0.522. The first-order valence-corrected chi connectivity index (χ1v) is 10.6. The zero-order chi connectivity index (χ0) is 23.7. The minimum Gasteiger partial charge on any atom is -0.454 e. The molecule has 1 aromatic rings. The van der Waals surface area contributed by atoms with E-state index in [9.17, 15) is 24.0 Å². The van der Waals surface area contributed by atoms with E-state index in [4.69, 9.17) is 4.74 Å². The number of carbonyl (C=O) groups is 5. The van der Waals surface area contributed by atoms with Crippen molar-refractivity contribution in [3.63, 3.8) is 0 Å². The van der Waals surface area contributed by atoms with E-state index in [0.717, 1.165) is 11.3 Å². The van der Waals surface area contributed by atoms with Crippen LogP contribution in [0.4, 0.5) is 10.5 Å². The molecule has 2 aliphatic rings. The molecular formula is C23H29N3O6. The number of ketones is 1. The molecule has 9 nitrogen and oxygen atoms in total. The Bertz CT molecular complexity index is 972. The first-order valence-electron chi connectivity index (χ1n) is 10.6. The summed E-state index contributed by atoms with van der Waals surface area (Å²) in [6.45, 7) is 6.36. The molecule has 2 fully saturated rings. The maximum absolute atomic E-state index is 13.1. The molecule has 32 heavy (non-hydrogen) atoms. The quantitative estimate of drug-likeness (QED) is 0.396. The van der Waals surface area contributed by atoms with Gasteiger partial charge in [0, 0.05) is 5.56 Å². The van der Waals surface area contributed by atoms with Crippen molar-refractivity contribution < 1.29 is 28.7 Å². The molecule has 3 rings (SSSR count). The number of imide groups is 1. The van der Waals surface area contributed by atoms with E-state index in [1.165, 1.54) is 6.92 Å². The number of benzene rings is 1. The van der Waals surface area contributed by atoms with E-state index >= 15 is 0 Å². The lowest BCUT2D eigenvalue weighted by Gasteiger charge is -2.43. The molecule has 1 aliphatic carbocycles. The number of ether oxygens (including phenoxy) is 1. The lowest BCUT2D eigenvalue weighted by Crippen LogP contribution is -2.54. The van der Waals surface area contributed by atoms with Crippen molar-refractivity contribution in [1.29, 1.82) is 0 Å². The first kappa shape index (κ1) is 23.4. The number of nitrogens with zero attached hydrogens (tertiary/aromatic N) is 1. The highest BCUT2D eigenvalue weighted by Gasteiger charge is 2.56. The Morgan fingerprint density at radius 2 is 1.88 bits per heavy atom.